The molecule has 738 valence electrons. The molecule has 0 saturated carbocycles. The number of nitrogens with zero attached hydrogens (tertiary/aromatic N) is 6. The summed E-state index contributed by atoms with van der Waals surface area (Å²) >= 11 is 1.20. The van der Waals surface area contributed by atoms with Crippen LogP contribution in [0.4, 0.5) is 4.79 Å². The van der Waals surface area contributed by atoms with Gasteiger partial charge in [-0.05, 0) is 70.8 Å². The van der Waals surface area contributed by atoms with Gasteiger partial charge in [0, 0.05) is 161 Å². The number of nitrogens with two attached hydrogens (primary N) is 3. The van der Waals surface area contributed by atoms with Crippen LogP contribution in [0.15, 0.2) is 171 Å². The van der Waals surface area contributed by atoms with Crippen molar-refractivity contribution < 1.29 is 92.3 Å². The molecule has 2 fully saturated rings. The zero-order chi connectivity index (χ0) is 99.6. The van der Waals surface area contributed by atoms with Crippen molar-refractivity contribution in [1.29, 1.82) is 10.8 Å². The number of thioether (sulfide) groups is 1. The molecule has 3 aromatic heterocycles. The fraction of sp³-hybridized carbons (Fsp3) is 0.376. The van der Waals surface area contributed by atoms with E-state index in [4.69, 9.17) is 28.0 Å². The lowest BCUT2D eigenvalue weighted by Gasteiger charge is -2.33. The topological polar surface area (TPSA) is 684 Å². The molecule has 139 heavy (non-hydrogen) atoms. The van der Waals surface area contributed by atoms with Gasteiger partial charge in [-0.15, -0.1) is 11.8 Å². The van der Waals surface area contributed by atoms with Crippen molar-refractivity contribution in [2.24, 2.45) is 17.2 Å². The number of hydrogen-bond donors (Lipinski definition) is 24. The number of amides is 12. The number of benzene rings is 6. The molecule has 6 aromatic carbocycles. The molecular formula is C93H116N26O19S. The van der Waals surface area contributed by atoms with Crippen molar-refractivity contribution >= 4 is 145 Å². The van der Waals surface area contributed by atoms with Crippen LogP contribution < -0.4 is 81.2 Å². The Labute approximate surface area is 801 Å². The number of rotatable bonds is 46. The molecule has 2 aliphatic heterocycles. The number of carbonyl (C=O) groups excluding carboxylic acids is 12. The molecule has 11 rings (SSSR count). The summed E-state index contributed by atoms with van der Waals surface area (Å²) in [5.41, 5.74) is 25.1. The van der Waals surface area contributed by atoms with E-state index in [0.29, 0.717) is 60.6 Å². The van der Waals surface area contributed by atoms with E-state index >= 15 is 38.4 Å². The maximum Gasteiger partial charge on any atom is 0.330 e. The summed E-state index contributed by atoms with van der Waals surface area (Å²) in [6.07, 6.45) is 3.95. The Bertz CT molecular complexity index is 5810. The van der Waals surface area contributed by atoms with Crippen LogP contribution in [0.3, 0.4) is 0 Å². The zero-order valence-corrected chi connectivity index (χ0v) is 76.8. The number of aliphatic hydroxyl groups is 1. The molecule has 1 unspecified atom stereocenters. The van der Waals surface area contributed by atoms with E-state index in [1.807, 2.05) is 29.7 Å². The highest BCUT2D eigenvalue weighted by molar-refractivity contribution is 7.99. The molecule has 2 aliphatic rings. The van der Waals surface area contributed by atoms with Crippen molar-refractivity contribution in [2.45, 2.75) is 112 Å². The Balaban J connectivity index is 0.857. The largest absolute Gasteiger partial charge is 0.480 e. The number of aliphatic carboxylic acids is 3. The molecular weight excluding hydrogens is 1820 g/mol. The Morgan fingerprint density at radius 1 is 0.432 bits per heavy atom. The zero-order valence-electron chi connectivity index (χ0n) is 76.0. The fourth-order valence-electron chi connectivity index (χ4n) is 16.4. The number of aromatic amines is 3. The standard InChI is InChI=1S/C93H116N26O19S/c94-91(95)100-29-11-23-68(106-84(131)70(40-59-17-10-16-56-13-4-5-18-63(56)59)105-77(121)47-115-31-33-116(48-78(122)123)35-37-118(50-80(126)127)38-36-117(34-32-115)49-79(124)125)82(129)109-72(42-61-45-103-67-22-9-7-20-65(61)67)86(133)112-75(51-120)88(135)110-73(43-62-46-99-53-104-62)87(134)107-69(24-12-30-101-92(96)97)83(130)108-71(41-60-44-102-66-21-8-6-19-64(60)66)85(132)111-74(90(137)119-54-139-52-76(119)89(136)113-114-93(98)138)39-55-25-27-58(28-26-55)81(128)57-14-2-1-3-15-57/h1-10,13-22,25-28,44-46,53,68-76,102-103,120H,11-12,23-24,29-43,47-52,54H2,(H,99,104)(H,105,121)(H,106,131)(H,107,134)(H,108,130)(H,109,129)(H,110,135)(H,111,132)(H,112,133)(H,113,136)(H,122,123)(H,124,125)(H,126,127)(H4,94,95,100)(H4,96,97,101)(H3,98,114,138)/t68-,69+,70?,71-,72-,73-,74-,75-,76-/m0/s1. The number of H-pyrrole nitrogens is 3. The van der Waals surface area contributed by atoms with Gasteiger partial charge in [0.15, 0.2) is 17.7 Å². The number of nitrogens with one attached hydrogen (secondary N) is 17. The number of aliphatic hydroxyl groups excluding tert-OH is 1. The third-order valence-electron chi connectivity index (χ3n) is 23.5. The van der Waals surface area contributed by atoms with Gasteiger partial charge in [-0.25, -0.2) is 15.2 Å². The molecule has 27 N–H and O–H groups in total. The first-order valence-corrected chi connectivity index (χ1v) is 46.2. The number of imidazole rings is 1. The van der Waals surface area contributed by atoms with Crippen LogP contribution in [0.1, 0.15) is 69.6 Å². The number of hydrogen-bond acceptors (Lipinski definition) is 24. The van der Waals surface area contributed by atoms with E-state index in [0.717, 1.165) is 5.39 Å². The average Bonchev–Trinajstić information content (AvgIpc) is 1.79. The summed E-state index contributed by atoms with van der Waals surface area (Å²) < 4.78 is 0. The number of para-hydroxylation sites is 2. The summed E-state index contributed by atoms with van der Waals surface area (Å²) in [5.74, 6) is -14.1. The lowest BCUT2D eigenvalue weighted by atomic mass is 9.97. The van der Waals surface area contributed by atoms with Gasteiger partial charge in [0.2, 0.25) is 53.2 Å². The monoisotopic (exact) mass is 1930 g/mol. The second-order valence-electron chi connectivity index (χ2n) is 33.6. The molecule has 9 aromatic rings. The molecule has 0 aliphatic carbocycles. The fourth-order valence-corrected chi connectivity index (χ4v) is 17.5. The third-order valence-corrected chi connectivity index (χ3v) is 24.6. The highest BCUT2D eigenvalue weighted by Gasteiger charge is 2.42. The van der Waals surface area contributed by atoms with Crippen molar-refractivity contribution in [3.8, 4) is 0 Å². The summed E-state index contributed by atoms with van der Waals surface area (Å²) in [6, 6.07) is 26.0. The summed E-state index contributed by atoms with van der Waals surface area (Å²) in [5, 5.41) is 86.6. The molecule has 12 amide bonds. The van der Waals surface area contributed by atoms with E-state index in [9.17, 15) is 54.0 Å². The lowest BCUT2D eigenvalue weighted by Crippen LogP contribution is -2.62. The van der Waals surface area contributed by atoms with E-state index in [1.165, 1.54) is 29.2 Å². The number of hydrazine groups is 1. The number of aromatic nitrogens is 4. The molecule has 0 spiro atoms. The molecule has 5 heterocycles. The first kappa shape index (κ1) is 104. The molecule has 0 radical (unpaired) electrons. The number of guanidine groups is 2. The predicted octanol–water partition coefficient (Wildman–Crippen LogP) is -2.26. The highest BCUT2D eigenvalue weighted by atomic mass is 32.2. The van der Waals surface area contributed by atoms with Crippen LogP contribution in [-0.2, 0) is 94.4 Å². The normalized spacial score (nSPS) is 15.7. The van der Waals surface area contributed by atoms with Gasteiger partial charge >= 0.3 is 23.9 Å². The molecule has 46 heteroatoms. The average molecular weight is 1930 g/mol. The highest BCUT2D eigenvalue weighted by Crippen LogP contribution is 2.27. The molecule has 9 atom stereocenters. The minimum atomic E-state index is -1.95. The van der Waals surface area contributed by atoms with Crippen LogP contribution in [0.25, 0.3) is 32.6 Å². The van der Waals surface area contributed by atoms with Crippen molar-refractivity contribution in [3.05, 3.63) is 210 Å². The maximum absolute atomic E-state index is 15.5. The number of fused-ring (bicyclic) bond motifs is 3. The summed E-state index contributed by atoms with van der Waals surface area (Å²) in [6.45, 7) is -2.31. The predicted molar refractivity (Wildman–Crippen MR) is 512 cm³/mol. The van der Waals surface area contributed by atoms with Gasteiger partial charge in [0.05, 0.1) is 45.0 Å². The second-order valence-corrected chi connectivity index (χ2v) is 34.6. The number of carboxylic acids is 3. The second kappa shape index (κ2) is 51.5. The number of ketones is 1. The minimum Gasteiger partial charge on any atom is -0.480 e. The first-order chi connectivity index (χ1) is 66.8. The Kier molecular flexibility index (Phi) is 38.6. The molecule has 0 bridgehead atoms. The van der Waals surface area contributed by atoms with Gasteiger partial charge in [0.1, 0.15) is 54.4 Å². The van der Waals surface area contributed by atoms with Crippen molar-refractivity contribution in [1.82, 2.24) is 108 Å². The summed E-state index contributed by atoms with van der Waals surface area (Å²) in [7, 11) is 0. The van der Waals surface area contributed by atoms with E-state index in [2.05, 4.69) is 78.5 Å². The number of carboxylic acid groups (broad SMARTS) is 3. The van der Waals surface area contributed by atoms with Gasteiger partial charge in [0.25, 0.3) is 5.91 Å². The third kappa shape index (κ3) is 31.6. The van der Waals surface area contributed by atoms with Crippen molar-refractivity contribution in [2.75, 3.05) is 110 Å². The van der Waals surface area contributed by atoms with Crippen LogP contribution in [-0.4, -0.2) is 330 Å². The van der Waals surface area contributed by atoms with E-state index in [1.54, 1.807) is 153 Å². The van der Waals surface area contributed by atoms with Crippen LogP contribution in [0.2, 0.25) is 0 Å². The van der Waals surface area contributed by atoms with Gasteiger partial charge in [-0.2, -0.15) is 0 Å². The number of urea groups is 1. The smallest absolute Gasteiger partial charge is 0.330 e. The summed E-state index contributed by atoms with van der Waals surface area (Å²) in [4.78, 5) is 234. The van der Waals surface area contributed by atoms with Gasteiger partial charge < -0.3 is 111 Å². The molecule has 2 saturated heterocycles. The Morgan fingerprint density at radius 3 is 1.33 bits per heavy atom. The van der Waals surface area contributed by atoms with Gasteiger partial charge in [-0.3, -0.25) is 103 Å². The number of carbonyl (C=O) groups is 15. The minimum absolute atomic E-state index is 0.00420. The van der Waals surface area contributed by atoms with E-state index < -0.39 is 189 Å². The Morgan fingerprint density at radius 2 is 0.849 bits per heavy atom. The van der Waals surface area contributed by atoms with Crippen LogP contribution >= 0.6 is 11.8 Å². The SMILES string of the molecule is N=C(N)NCCC[C@H](NC(=O)C(Cc1cccc2ccccc12)NC(=O)CN1CCN(CC(=O)O)CCN(CC(=O)O)CCN(CC(=O)O)CC1)C(=O)N[C@@H](Cc1c[nH]c2ccccc12)C(=O)N[C@@H](CO)C(=O)N[C@@H](Cc1cnc[nH]1)C(=O)N[C@H](CCCNC(=N)N)C(=O)N[C@@H](Cc1c[nH]c2ccccc12)C(=O)N[C@@H](Cc1ccc(C(=O)c2ccccc2)cc1)C(=O)N1CSC[C@H]1C(=O)NNC(N)=O. The van der Waals surface area contributed by atoms with Gasteiger partial charge in [-0.1, -0.05) is 133 Å². The quantitative estimate of drug-likeness (QED) is 0.00630. The maximum atomic E-state index is 15.5. The number of primary amides is 1. The molecule has 45 nitrogen and oxygen atoms in total. The lowest BCUT2D eigenvalue weighted by molar-refractivity contribution is -0.141. The van der Waals surface area contributed by atoms with Crippen LogP contribution in [0, 0.1) is 10.8 Å². The Hall–Kier alpha value is -15.4. The van der Waals surface area contributed by atoms with Crippen molar-refractivity contribution in [3.63, 3.8) is 0 Å². The van der Waals surface area contributed by atoms with Crippen LogP contribution in [0.5, 0.6) is 0 Å². The first-order valence-electron chi connectivity index (χ1n) is 45.0. The van der Waals surface area contributed by atoms with E-state index in [-0.39, 0.29) is 140 Å².